The second-order valence-corrected chi connectivity index (χ2v) is 8.75. The van der Waals surface area contributed by atoms with Gasteiger partial charge in [-0.1, -0.05) is 6.07 Å². The Bertz CT molecular complexity index is 1050. The second kappa shape index (κ2) is 7.21. The zero-order valence-corrected chi connectivity index (χ0v) is 15.9. The van der Waals surface area contributed by atoms with Crippen LogP contribution < -0.4 is 4.90 Å². The number of sulfone groups is 1. The molecule has 3 aromatic rings. The molecule has 0 saturated carbocycles. The Kier molecular flexibility index (Phi) is 4.75. The number of hydrogen-bond donors (Lipinski definition) is 0. The van der Waals surface area contributed by atoms with E-state index >= 15 is 0 Å². The summed E-state index contributed by atoms with van der Waals surface area (Å²) in [5.74, 6) is 0.794. The highest BCUT2D eigenvalue weighted by molar-refractivity contribution is 7.90. The van der Waals surface area contributed by atoms with Crippen molar-refractivity contribution in [3.63, 3.8) is 0 Å². The summed E-state index contributed by atoms with van der Waals surface area (Å²) in [5, 5.41) is 0.776. The molecular weight excluding hydrogens is 362 g/mol. The van der Waals surface area contributed by atoms with E-state index in [1.54, 1.807) is 18.2 Å². The first-order valence-corrected chi connectivity index (χ1v) is 10.7. The maximum absolute atomic E-state index is 11.9. The van der Waals surface area contributed by atoms with E-state index in [0.717, 1.165) is 55.1 Å². The second-order valence-electron chi connectivity index (χ2n) is 6.73. The molecule has 3 heterocycles. The summed E-state index contributed by atoms with van der Waals surface area (Å²) >= 11 is 0. The fourth-order valence-electron chi connectivity index (χ4n) is 3.34. The van der Waals surface area contributed by atoms with Crippen LogP contribution >= 0.6 is 0 Å². The van der Waals surface area contributed by atoms with E-state index in [1.807, 2.05) is 24.4 Å². The molecule has 1 aliphatic heterocycles. The Balaban J connectivity index is 1.55. The van der Waals surface area contributed by atoms with Gasteiger partial charge in [0, 0.05) is 50.6 Å². The molecule has 0 radical (unpaired) electrons. The molecule has 0 bridgehead atoms. The summed E-state index contributed by atoms with van der Waals surface area (Å²) < 4.78 is 23.8. The number of aromatic nitrogens is 3. The van der Waals surface area contributed by atoms with E-state index in [1.165, 1.54) is 12.6 Å². The number of nitrogens with zero attached hydrogens (tertiary/aromatic N) is 5. The van der Waals surface area contributed by atoms with E-state index in [2.05, 4.69) is 24.8 Å². The Morgan fingerprint density at radius 1 is 1.00 bits per heavy atom. The molecule has 0 unspecified atom stereocenters. The zero-order chi connectivity index (χ0) is 18.9. The lowest BCUT2D eigenvalue weighted by atomic mass is 10.2. The highest BCUT2D eigenvalue weighted by Crippen LogP contribution is 2.26. The minimum Gasteiger partial charge on any atom is -0.353 e. The van der Waals surface area contributed by atoms with Crippen molar-refractivity contribution in [1.29, 1.82) is 0 Å². The van der Waals surface area contributed by atoms with Gasteiger partial charge in [-0.05, 0) is 30.3 Å². The van der Waals surface area contributed by atoms with Gasteiger partial charge in [0.15, 0.2) is 9.84 Å². The fraction of sp³-hybridized carbons (Fsp3) is 0.316. The molecule has 0 aliphatic carbocycles. The third-order valence-corrected chi connectivity index (χ3v) is 5.91. The molecule has 140 valence electrons. The van der Waals surface area contributed by atoms with Crippen LogP contribution in [0.3, 0.4) is 0 Å². The molecule has 8 heteroatoms. The van der Waals surface area contributed by atoms with Crippen molar-refractivity contribution in [3.8, 4) is 0 Å². The minimum atomic E-state index is -3.27. The lowest BCUT2D eigenvalue weighted by Gasteiger charge is -2.35. The molecule has 1 aliphatic rings. The van der Waals surface area contributed by atoms with Crippen LogP contribution in [0, 0.1) is 0 Å². The molecule has 1 fully saturated rings. The molecule has 0 atom stereocenters. The van der Waals surface area contributed by atoms with Crippen LogP contribution in [0.1, 0.15) is 5.69 Å². The fourth-order valence-corrected chi connectivity index (χ4v) is 3.99. The predicted molar refractivity (Wildman–Crippen MR) is 104 cm³/mol. The lowest BCUT2D eigenvalue weighted by molar-refractivity contribution is 0.247. The number of pyridine rings is 1. The Labute approximate surface area is 158 Å². The van der Waals surface area contributed by atoms with Gasteiger partial charge in [0.25, 0.3) is 0 Å². The number of rotatable bonds is 4. The van der Waals surface area contributed by atoms with Crippen LogP contribution in [-0.4, -0.2) is 60.7 Å². The van der Waals surface area contributed by atoms with Gasteiger partial charge in [-0.25, -0.2) is 18.4 Å². The summed E-state index contributed by atoms with van der Waals surface area (Å²) in [4.78, 5) is 18.0. The van der Waals surface area contributed by atoms with Crippen LogP contribution in [0.25, 0.3) is 10.9 Å². The first kappa shape index (κ1) is 17.8. The van der Waals surface area contributed by atoms with Crippen molar-refractivity contribution in [2.45, 2.75) is 11.4 Å². The third-order valence-electron chi connectivity index (χ3n) is 4.80. The van der Waals surface area contributed by atoms with Crippen LogP contribution in [0.4, 0.5) is 5.82 Å². The molecule has 27 heavy (non-hydrogen) atoms. The van der Waals surface area contributed by atoms with E-state index in [4.69, 9.17) is 0 Å². The molecule has 1 saturated heterocycles. The maximum Gasteiger partial charge on any atom is 0.175 e. The minimum absolute atomic E-state index is 0.292. The average Bonchev–Trinajstić information content (AvgIpc) is 2.68. The Morgan fingerprint density at radius 3 is 2.52 bits per heavy atom. The summed E-state index contributed by atoms with van der Waals surface area (Å²) in [7, 11) is -3.27. The highest BCUT2D eigenvalue weighted by Gasteiger charge is 2.21. The summed E-state index contributed by atoms with van der Waals surface area (Å²) in [5.41, 5.74) is 1.82. The Hall–Kier alpha value is -2.58. The van der Waals surface area contributed by atoms with E-state index in [-0.39, 0.29) is 0 Å². The van der Waals surface area contributed by atoms with Crippen molar-refractivity contribution >= 4 is 26.6 Å². The standard InChI is InChI=1S/C19H21N5O2S/c1-27(25,26)16-5-6-18-17(12-16)19(22-14-21-18)24-10-8-23(9-11-24)13-15-4-2-3-7-20-15/h2-7,12,14H,8-11,13H2,1H3. The average molecular weight is 383 g/mol. The number of piperazine rings is 1. The quantitative estimate of drug-likeness (QED) is 0.679. The Morgan fingerprint density at radius 2 is 1.81 bits per heavy atom. The first-order valence-electron chi connectivity index (χ1n) is 8.83. The van der Waals surface area contributed by atoms with Gasteiger partial charge in [-0.3, -0.25) is 9.88 Å². The van der Waals surface area contributed by atoms with Crippen LogP contribution in [0.2, 0.25) is 0 Å². The molecule has 0 N–H and O–H groups in total. The molecule has 4 rings (SSSR count). The van der Waals surface area contributed by atoms with Gasteiger partial charge in [-0.2, -0.15) is 0 Å². The van der Waals surface area contributed by atoms with E-state index < -0.39 is 9.84 Å². The summed E-state index contributed by atoms with van der Waals surface area (Å²) in [6.07, 6.45) is 4.57. The van der Waals surface area contributed by atoms with Gasteiger partial charge in [-0.15, -0.1) is 0 Å². The van der Waals surface area contributed by atoms with E-state index in [9.17, 15) is 8.42 Å². The van der Waals surface area contributed by atoms with Crippen molar-refractivity contribution in [2.75, 3.05) is 37.3 Å². The largest absolute Gasteiger partial charge is 0.353 e. The molecule has 0 spiro atoms. The predicted octanol–water partition coefficient (Wildman–Crippen LogP) is 1.75. The van der Waals surface area contributed by atoms with Crippen LogP contribution in [0.5, 0.6) is 0 Å². The van der Waals surface area contributed by atoms with Crippen molar-refractivity contribution in [2.24, 2.45) is 0 Å². The zero-order valence-electron chi connectivity index (χ0n) is 15.1. The normalized spacial score (nSPS) is 16.0. The number of fused-ring (bicyclic) bond motifs is 1. The van der Waals surface area contributed by atoms with Crippen molar-refractivity contribution in [3.05, 3.63) is 54.6 Å². The van der Waals surface area contributed by atoms with E-state index in [0.29, 0.717) is 4.90 Å². The molecule has 2 aromatic heterocycles. The van der Waals surface area contributed by atoms with Crippen LogP contribution in [0.15, 0.2) is 53.8 Å². The summed E-state index contributed by atoms with van der Waals surface area (Å²) in [6.45, 7) is 4.27. The molecular formula is C19H21N5O2S. The highest BCUT2D eigenvalue weighted by atomic mass is 32.2. The van der Waals surface area contributed by atoms with Gasteiger partial charge >= 0.3 is 0 Å². The monoisotopic (exact) mass is 383 g/mol. The maximum atomic E-state index is 11.9. The van der Waals surface area contributed by atoms with Crippen molar-refractivity contribution < 1.29 is 8.42 Å². The number of anilines is 1. The molecule has 7 nitrogen and oxygen atoms in total. The molecule has 1 aromatic carbocycles. The van der Waals surface area contributed by atoms with Gasteiger partial charge in [0.1, 0.15) is 12.1 Å². The number of hydrogen-bond acceptors (Lipinski definition) is 7. The lowest BCUT2D eigenvalue weighted by Crippen LogP contribution is -2.46. The summed E-state index contributed by atoms with van der Waals surface area (Å²) in [6, 6.07) is 11.0. The van der Waals surface area contributed by atoms with Gasteiger partial charge in [0.2, 0.25) is 0 Å². The number of benzene rings is 1. The SMILES string of the molecule is CS(=O)(=O)c1ccc2ncnc(N3CCN(Cc4ccccn4)CC3)c2c1. The third kappa shape index (κ3) is 3.91. The smallest absolute Gasteiger partial charge is 0.175 e. The van der Waals surface area contributed by atoms with Crippen LogP contribution in [-0.2, 0) is 16.4 Å². The molecule has 0 amide bonds. The van der Waals surface area contributed by atoms with Gasteiger partial charge < -0.3 is 4.90 Å². The van der Waals surface area contributed by atoms with Gasteiger partial charge in [0.05, 0.1) is 16.1 Å². The first-order chi connectivity index (χ1) is 13.0. The van der Waals surface area contributed by atoms with Crippen molar-refractivity contribution in [1.82, 2.24) is 19.9 Å². The topological polar surface area (TPSA) is 79.3 Å².